The molecule has 0 amide bonds. The van der Waals surface area contributed by atoms with Crippen molar-refractivity contribution in [1.82, 2.24) is 0 Å². The third-order valence-electron chi connectivity index (χ3n) is 4.62. The molecule has 0 saturated heterocycles. The summed E-state index contributed by atoms with van der Waals surface area (Å²) < 4.78 is 8.05. The molecule has 138 valence electrons. The van der Waals surface area contributed by atoms with Crippen molar-refractivity contribution in [3.8, 4) is 20.9 Å². The van der Waals surface area contributed by atoms with E-state index in [2.05, 4.69) is 151 Å². The maximum absolute atomic E-state index is 2.51. The summed E-state index contributed by atoms with van der Waals surface area (Å²) in [5.74, 6) is 0. The van der Waals surface area contributed by atoms with Crippen molar-refractivity contribution >= 4 is 133 Å². The molecule has 0 atom stereocenters. The third kappa shape index (κ3) is 3.47. The first-order valence-corrected chi connectivity index (χ1v) is 14.3. The molecule has 6 heteroatoms. The summed E-state index contributed by atoms with van der Waals surface area (Å²) in [5.41, 5.74) is 2.69. The van der Waals surface area contributed by atoms with Gasteiger partial charge in [-0.25, -0.2) is 0 Å². The van der Waals surface area contributed by atoms with Crippen molar-refractivity contribution < 1.29 is 0 Å². The second-order valence-corrected chi connectivity index (χ2v) is 12.9. The summed E-state index contributed by atoms with van der Waals surface area (Å²) >= 11 is 13.8. The molecule has 0 N–H and O–H groups in total. The number of hydrogen-bond donors (Lipinski definition) is 0. The highest BCUT2D eigenvalue weighted by Gasteiger charge is 2.19. The molecular weight excluding hydrogens is 836 g/mol. The number of halogens is 4. The van der Waals surface area contributed by atoms with Gasteiger partial charge in [-0.15, -0.1) is 22.7 Å². The van der Waals surface area contributed by atoms with Crippen molar-refractivity contribution in [1.29, 1.82) is 0 Å². The van der Waals surface area contributed by atoms with Gasteiger partial charge >= 0.3 is 0 Å². The molecule has 28 heavy (non-hydrogen) atoms. The van der Waals surface area contributed by atoms with Crippen LogP contribution in [0.5, 0.6) is 0 Å². The summed E-state index contributed by atoms with van der Waals surface area (Å²) in [6.45, 7) is 0. The number of rotatable bonds is 2. The van der Waals surface area contributed by atoms with Gasteiger partial charge in [-0.3, -0.25) is 0 Å². The Labute approximate surface area is 225 Å². The first-order valence-electron chi connectivity index (χ1n) is 8.38. The first kappa shape index (κ1) is 20.4. The summed E-state index contributed by atoms with van der Waals surface area (Å²) in [4.78, 5) is 2.75. The Bertz CT molecular complexity index is 1260. The maximum atomic E-state index is 2.51. The van der Waals surface area contributed by atoms with E-state index in [0.29, 0.717) is 0 Å². The molecule has 0 nitrogen and oxygen atoms in total. The number of fused-ring (bicyclic) bond motifs is 2. The van der Waals surface area contributed by atoms with Gasteiger partial charge in [-0.1, -0.05) is 36.4 Å². The van der Waals surface area contributed by atoms with Crippen LogP contribution in [0, 0.1) is 14.3 Å². The summed E-state index contributed by atoms with van der Waals surface area (Å²) in [7, 11) is 0. The monoisotopic (exact) mass is 846 g/mol. The van der Waals surface area contributed by atoms with E-state index in [-0.39, 0.29) is 0 Å². The fourth-order valence-electron chi connectivity index (χ4n) is 3.27. The van der Waals surface area contributed by atoms with Crippen molar-refractivity contribution in [3.05, 3.63) is 74.9 Å². The summed E-state index contributed by atoms with van der Waals surface area (Å²) in [5, 5.41) is 2.72. The van der Waals surface area contributed by atoms with Gasteiger partial charge in [0.15, 0.2) is 0 Å². The number of thiophene rings is 2. The van der Waals surface area contributed by atoms with E-state index in [1.54, 1.807) is 0 Å². The minimum absolute atomic E-state index is 1.31. The van der Waals surface area contributed by atoms with Crippen LogP contribution in [0.1, 0.15) is 0 Å². The number of hydrogen-bond acceptors (Lipinski definition) is 2. The molecule has 0 aliphatic heterocycles. The minimum Gasteiger partial charge on any atom is -0.134 e. The van der Waals surface area contributed by atoms with Gasteiger partial charge in [-0.05, 0) is 115 Å². The average Bonchev–Trinajstić information content (AvgIpc) is 3.21. The Morgan fingerprint density at radius 2 is 0.929 bits per heavy atom. The quantitative estimate of drug-likeness (QED) is 0.155. The van der Waals surface area contributed by atoms with E-state index < -0.39 is 0 Å². The van der Waals surface area contributed by atoms with E-state index in [4.69, 9.17) is 0 Å². The summed E-state index contributed by atoms with van der Waals surface area (Å²) in [6.07, 6.45) is 0. The van der Waals surface area contributed by atoms with Gasteiger partial charge in [0.05, 0.1) is 0 Å². The highest BCUT2D eigenvalue weighted by atomic mass is 127. The zero-order valence-corrected chi connectivity index (χ0v) is 24.4. The molecule has 5 rings (SSSR count). The van der Waals surface area contributed by atoms with Crippen molar-refractivity contribution in [3.63, 3.8) is 0 Å². The van der Waals surface area contributed by atoms with Gasteiger partial charge in [-0.2, -0.15) is 0 Å². The molecule has 5 aromatic rings. The summed E-state index contributed by atoms with van der Waals surface area (Å²) in [6, 6.07) is 22.1. The van der Waals surface area contributed by atoms with E-state index in [0.717, 1.165) is 0 Å². The third-order valence-corrected chi connectivity index (χ3v) is 11.8. The standard InChI is InChI=1S/C22H10I4S2/c23-15-10-14(22-20(26)12-6-2-4-8-18(12)28-22)16(24)9-13(15)21-19(25)11-5-1-3-7-17(11)27-21/h1-10H. The Balaban J connectivity index is 1.70. The smallest absolute Gasteiger partial charge is 0.0499 e. The molecule has 2 heterocycles. The Morgan fingerprint density at radius 3 is 1.32 bits per heavy atom. The van der Waals surface area contributed by atoms with Crippen molar-refractivity contribution in [2.75, 3.05) is 0 Å². The van der Waals surface area contributed by atoms with Crippen LogP contribution in [0.2, 0.25) is 0 Å². The molecule has 0 aliphatic rings. The first-order chi connectivity index (χ1) is 13.5. The van der Waals surface area contributed by atoms with Crippen LogP contribution in [-0.4, -0.2) is 0 Å². The molecule has 0 spiro atoms. The van der Waals surface area contributed by atoms with Gasteiger partial charge in [0, 0.05) is 55.3 Å². The Hall–Kier alpha value is 0.500. The second kappa shape index (κ2) is 8.21. The molecule has 0 aliphatic carbocycles. The highest BCUT2D eigenvalue weighted by molar-refractivity contribution is 14.1. The van der Waals surface area contributed by atoms with Gasteiger partial charge in [0.2, 0.25) is 0 Å². The van der Waals surface area contributed by atoms with Crippen LogP contribution in [0.25, 0.3) is 41.1 Å². The molecule has 0 radical (unpaired) electrons. The predicted octanol–water partition coefficient (Wildman–Crippen LogP) is 9.87. The average molecular weight is 846 g/mol. The SMILES string of the molecule is Ic1cc(-c2sc3ccccc3c2I)c(I)cc1-c1sc2ccccc2c1I. The molecular formula is C22H10I4S2. The van der Waals surface area contributed by atoms with Gasteiger partial charge in [0.1, 0.15) is 0 Å². The van der Waals surface area contributed by atoms with Crippen LogP contribution < -0.4 is 0 Å². The zero-order chi connectivity index (χ0) is 19.4. The lowest BCUT2D eigenvalue weighted by Gasteiger charge is -2.10. The van der Waals surface area contributed by atoms with Crippen LogP contribution >= 0.6 is 113 Å². The fraction of sp³-hybridized carbons (Fsp3) is 0. The molecule has 0 unspecified atom stereocenters. The largest absolute Gasteiger partial charge is 0.134 e. The zero-order valence-electron chi connectivity index (χ0n) is 14.1. The number of benzene rings is 3. The topological polar surface area (TPSA) is 0 Å². The molecule has 0 fully saturated rings. The highest BCUT2D eigenvalue weighted by Crippen LogP contribution is 2.45. The molecule has 0 saturated carbocycles. The Morgan fingerprint density at radius 1 is 0.536 bits per heavy atom. The van der Waals surface area contributed by atoms with E-state index >= 15 is 0 Å². The lowest BCUT2D eigenvalue weighted by atomic mass is 10.1. The van der Waals surface area contributed by atoms with Gasteiger partial charge < -0.3 is 0 Å². The van der Waals surface area contributed by atoms with Crippen LogP contribution in [0.15, 0.2) is 60.7 Å². The lowest BCUT2D eigenvalue weighted by molar-refractivity contribution is 1.58. The Kier molecular flexibility index (Phi) is 5.98. The van der Waals surface area contributed by atoms with Crippen LogP contribution in [0.4, 0.5) is 0 Å². The molecule has 2 aromatic heterocycles. The van der Waals surface area contributed by atoms with Crippen molar-refractivity contribution in [2.45, 2.75) is 0 Å². The van der Waals surface area contributed by atoms with E-state index in [1.807, 2.05) is 22.7 Å². The predicted molar refractivity (Wildman–Crippen MR) is 159 cm³/mol. The molecule has 0 bridgehead atoms. The lowest BCUT2D eigenvalue weighted by Crippen LogP contribution is -1.89. The maximum Gasteiger partial charge on any atom is 0.0499 e. The van der Waals surface area contributed by atoms with Crippen molar-refractivity contribution in [2.24, 2.45) is 0 Å². The van der Waals surface area contributed by atoms with Gasteiger partial charge in [0.25, 0.3) is 0 Å². The molecule has 3 aromatic carbocycles. The fourth-order valence-corrected chi connectivity index (χ4v) is 9.91. The normalized spacial score (nSPS) is 11.6. The van der Waals surface area contributed by atoms with E-state index in [1.165, 1.54) is 55.3 Å². The van der Waals surface area contributed by atoms with E-state index in [9.17, 15) is 0 Å². The minimum atomic E-state index is 1.31. The van der Waals surface area contributed by atoms with Crippen LogP contribution in [-0.2, 0) is 0 Å². The van der Waals surface area contributed by atoms with Crippen LogP contribution in [0.3, 0.4) is 0 Å². The second-order valence-electron chi connectivity index (χ2n) is 6.29.